The first-order chi connectivity index (χ1) is 9.22. The molecule has 0 saturated carbocycles. The van der Waals surface area contributed by atoms with Gasteiger partial charge in [0.05, 0.1) is 19.3 Å². The molecule has 1 atom stereocenters. The van der Waals surface area contributed by atoms with E-state index in [4.69, 9.17) is 4.74 Å². The van der Waals surface area contributed by atoms with Crippen LogP contribution in [0.15, 0.2) is 30.3 Å². The third kappa shape index (κ3) is 7.56. The third-order valence-electron chi connectivity index (χ3n) is 2.62. The van der Waals surface area contributed by atoms with Crippen molar-refractivity contribution in [1.82, 2.24) is 10.6 Å². The number of rotatable bonds is 9. The second kappa shape index (κ2) is 9.49. The number of ether oxygens (including phenoxy) is 1. The average molecular weight is 266 g/mol. The third-order valence-corrected chi connectivity index (χ3v) is 2.62. The Labute approximate surface area is 114 Å². The lowest BCUT2D eigenvalue weighted by molar-refractivity contribution is -0.120. The lowest BCUT2D eigenvalue weighted by Gasteiger charge is -2.12. The van der Waals surface area contributed by atoms with Gasteiger partial charge in [-0.15, -0.1) is 0 Å². The summed E-state index contributed by atoms with van der Waals surface area (Å²) in [5, 5.41) is 15.4. The van der Waals surface area contributed by atoms with Crippen LogP contribution in [0.25, 0.3) is 0 Å². The van der Waals surface area contributed by atoms with Crippen molar-refractivity contribution in [3.63, 3.8) is 0 Å². The molecule has 0 aliphatic carbocycles. The molecule has 1 aromatic rings. The maximum absolute atomic E-state index is 11.4. The van der Waals surface area contributed by atoms with Crippen LogP contribution < -0.4 is 10.6 Å². The van der Waals surface area contributed by atoms with Gasteiger partial charge in [-0.25, -0.2) is 0 Å². The van der Waals surface area contributed by atoms with Crippen LogP contribution in [0.5, 0.6) is 0 Å². The molecular weight excluding hydrogens is 244 g/mol. The van der Waals surface area contributed by atoms with Gasteiger partial charge in [0, 0.05) is 26.6 Å². The SMILES string of the molecule is COCCNCC(=O)NCC(O)Cc1ccccc1. The average Bonchev–Trinajstić information content (AvgIpc) is 2.42. The van der Waals surface area contributed by atoms with Gasteiger partial charge in [-0.2, -0.15) is 0 Å². The van der Waals surface area contributed by atoms with Crippen molar-refractivity contribution in [3.8, 4) is 0 Å². The van der Waals surface area contributed by atoms with E-state index in [1.54, 1.807) is 7.11 Å². The van der Waals surface area contributed by atoms with Gasteiger partial charge >= 0.3 is 0 Å². The maximum Gasteiger partial charge on any atom is 0.234 e. The topological polar surface area (TPSA) is 70.6 Å². The van der Waals surface area contributed by atoms with E-state index in [1.165, 1.54) is 0 Å². The summed E-state index contributed by atoms with van der Waals surface area (Å²) in [6, 6.07) is 9.71. The number of benzene rings is 1. The zero-order valence-corrected chi connectivity index (χ0v) is 11.3. The fourth-order valence-corrected chi connectivity index (χ4v) is 1.63. The molecule has 0 heterocycles. The number of nitrogens with one attached hydrogen (secondary N) is 2. The minimum absolute atomic E-state index is 0.122. The van der Waals surface area contributed by atoms with Crippen molar-refractivity contribution >= 4 is 5.91 Å². The Balaban J connectivity index is 2.12. The van der Waals surface area contributed by atoms with E-state index in [0.29, 0.717) is 19.6 Å². The van der Waals surface area contributed by atoms with Crippen molar-refractivity contribution in [2.24, 2.45) is 0 Å². The van der Waals surface area contributed by atoms with Crippen molar-refractivity contribution in [1.29, 1.82) is 0 Å². The molecule has 1 aromatic carbocycles. The summed E-state index contributed by atoms with van der Waals surface area (Å²) in [5.41, 5.74) is 1.06. The highest BCUT2D eigenvalue weighted by atomic mass is 16.5. The molecule has 19 heavy (non-hydrogen) atoms. The molecule has 5 heteroatoms. The molecule has 0 fully saturated rings. The Morgan fingerprint density at radius 1 is 1.37 bits per heavy atom. The summed E-state index contributed by atoms with van der Waals surface area (Å²) < 4.78 is 4.85. The van der Waals surface area contributed by atoms with Gasteiger partial charge in [0.1, 0.15) is 0 Å². The van der Waals surface area contributed by atoms with Crippen LogP contribution >= 0.6 is 0 Å². The van der Waals surface area contributed by atoms with Crippen molar-refractivity contribution in [3.05, 3.63) is 35.9 Å². The van der Waals surface area contributed by atoms with Crippen molar-refractivity contribution in [2.75, 3.05) is 33.4 Å². The Kier molecular flexibility index (Phi) is 7.81. The first kappa shape index (κ1) is 15.6. The molecule has 5 nitrogen and oxygen atoms in total. The number of methoxy groups -OCH3 is 1. The highest BCUT2D eigenvalue weighted by Crippen LogP contribution is 2.02. The van der Waals surface area contributed by atoms with Crippen LogP contribution in [-0.4, -0.2) is 50.5 Å². The summed E-state index contributed by atoms with van der Waals surface area (Å²) in [4.78, 5) is 11.4. The van der Waals surface area contributed by atoms with E-state index in [1.807, 2.05) is 30.3 Å². The highest BCUT2D eigenvalue weighted by Gasteiger charge is 2.07. The number of carbonyl (C=O) groups is 1. The second-order valence-electron chi connectivity index (χ2n) is 4.32. The number of aliphatic hydroxyl groups is 1. The lowest BCUT2D eigenvalue weighted by Crippen LogP contribution is -2.39. The molecule has 3 N–H and O–H groups in total. The Morgan fingerprint density at radius 3 is 2.79 bits per heavy atom. The Bertz CT molecular complexity index is 357. The minimum Gasteiger partial charge on any atom is -0.391 e. The summed E-state index contributed by atoms with van der Waals surface area (Å²) in [6.45, 7) is 1.71. The van der Waals surface area contributed by atoms with Crippen LogP contribution in [0.1, 0.15) is 5.56 Å². The molecule has 0 aliphatic heterocycles. The number of aliphatic hydroxyl groups excluding tert-OH is 1. The predicted octanol–water partition coefficient (Wildman–Crippen LogP) is -0.0578. The Hall–Kier alpha value is -1.43. The predicted molar refractivity (Wildman–Crippen MR) is 73.9 cm³/mol. The van der Waals surface area contributed by atoms with E-state index in [2.05, 4.69) is 10.6 Å². The van der Waals surface area contributed by atoms with E-state index >= 15 is 0 Å². The number of amides is 1. The standard InChI is InChI=1S/C14H22N2O3/c1-19-8-7-15-11-14(18)16-10-13(17)9-12-5-3-2-4-6-12/h2-6,13,15,17H,7-11H2,1H3,(H,16,18). The first-order valence-corrected chi connectivity index (χ1v) is 6.40. The molecule has 0 aliphatic rings. The molecule has 1 amide bonds. The number of hydrogen-bond donors (Lipinski definition) is 3. The number of hydrogen-bond acceptors (Lipinski definition) is 4. The fraction of sp³-hybridized carbons (Fsp3) is 0.500. The number of carbonyl (C=O) groups excluding carboxylic acids is 1. The molecule has 0 radical (unpaired) electrons. The monoisotopic (exact) mass is 266 g/mol. The Morgan fingerprint density at radius 2 is 2.11 bits per heavy atom. The van der Waals surface area contributed by atoms with Crippen LogP contribution in [-0.2, 0) is 16.0 Å². The summed E-state index contributed by atoms with van der Waals surface area (Å²) in [7, 11) is 1.61. The molecule has 0 saturated heterocycles. The van der Waals surface area contributed by atoms with Gasteiger partial charge in [-0.05, 0) is 5.56 Å². The van der Waals surface area contributed by atoms with Crippen molar-refractivity contribution < 1.29 is 14.6 Å². The van der Waals surface area contributed by atoms with Gasteiger partial charge in [-0.3, -0.25) is 4.79 Å². The molecule has 106 valence electrons. The van der Waals surface area contributed by atoms with Gasteiger partial charge in [-0.1, -0.05) is 30.3 Å². The summed E-state index contributed by atoms with van der Waals surface area (Å²) in [5.74, 6) is -0.122. The normalized spacial score (nSPS) is 12.1. The molecule has 1 rings (SSSR count). The quantitative estimate of drug-likeness (QED) is 0.548. The van der Waals surface area contributed by atoms with Crippen LogP contribution in [0.2, 0.25) is 0 Å². The van der Waals surface area contributed by atoms with Gasteiger partial charge in [0.25, 0.3) is 0 Å². The molecular formula is C14H22N2O3. The lowest BCUT2D eigenvalue weighted by atomic mass is 10.1. The molecule has 0 spiro atoms. The minimum atomic E-state index is -0.565. The van der Waals surface area contributed by atoms with Gasteiger partial charge in [0.2, 0.25) is 5.91 Å². The largest absolute Gasteiger partial charge is 0.391 e. The first-order valence-electron chi connectivity index (χ1n) is 6.40. The molecule has 0 aromatic heterocycles. The van der Waals surface area contributed by atoms with E-state index in [0.717, 1.165) is 5.56 Å². The van der Waals surface area contributed by atoms with Crippen LogP contribution in [0.4, 0.5) is 0 Å². The van der Waals surface area contributed by atoms with Gasteiger partial charge < -0.3 is 20.5 Å². The van der Waals surface area contributed by atoms with E-state index in [9.17, 15) is 9.90 Å². The van der Waals surface area contributed by atoms with Crippen molar-refractivity contribution in [2.45, 2.75) is 12.5 Å². The zero-order chi connectivity index (χ0) is 13.9. The van der Waals surface area contributed by atoms with E-state index < -0.39 is 6.10 Å². The molecule has 0 bridgehead atoms. The van der Waals surface area contributed by atoms with E-state index in [-0.39, 0.29) is 19.0 Å². The highest BCUT2D eigenvalue weighted by molar-refractivity contribution is 5.77. The summed E-state index contributed by atoms with van der Waals surface area (Å²) in [6.07, 6.45) is -0.0246. The second-order valence-corrected chi connectivity index (χ2v) is 4.32. The maximum atomic E-state index is 11.4. The van der Waals surface area contributed by atoms with Crippen LogP contribution in [0, 0.1) is 0 Å². The van der Waals surface area contributed by atoms with Crippen LogP contribution in [0.3, 0.4) is 0 Å². The zero-order valence-electron chi connectivity index (χ0n) is 11.3. The molecule has 1 unspecified atom stereocenters. The van der Waals surface area contributed by atoms with Gasteiger partial charge in [0.15, 0.2) is 0 Å². The fourth-order valence-electron chi connectivity index (χ4n) is 1.63. The smallest absolute Gasteiger partial charge is 0.234 e. The summed E-state index contributed by atoms with van der Waals surface area (Å²) >= 11 is 0.